The largest absolute Gasteiger partial charge is 0.493 e. The number of nitrogens with zero attached hydrogens (tertiary/aromatic N) is 1. The molecule has 0 spiro atoms. The highest BCUT2D eigenvalue weighted by Gasteiger charge is 2.32. The van der Waals surface area contributed by atoms with Crippen molar-refractivity contribution in [2.45, 2.75) is 13.8 Å². The molecule has 25 heavy (non-hydrogen) atoms. The standard InChI is InChI=1S/C19H18N2O3S/c1-3-21-18(23)15(17(22)20-19(21)25)11-12-9-10-16(24-4-2)14-8-6-5-7-13(12)14/h5-11H,3-4H2,1-2H3,(H,20,22,25)/b15-11-. The molecule has 2 aromatic rings. The van der Waals surface area contributed by atoms with Gasteiger partial charge in [0.2, 0.25) is 0 Å². The highest BCUT2D eigenvalue weighted by molar-refractivity contribution is 7.80. The maximum atomic E-state index is 12.6. The van der Waals surface area contributed by atoms with Crippen LogP contribution in [0, 0.1) is 0 Å². The second kappa shape index (κ2) is 7.03. The van der Waals surface area contributed by atoms with E-state index in [1.165, 1.54) is 4.90 Å². The normalized spacial score (nSPS) is 16.5. The van der Waals surface area contributed by atoms with E-state index >= 15 is 0 Å². The van der Waals surface area contributed by atoms with Crippen LogP contribution in [0.5, 0.6) is 5.75 Å². The van der Waals surface area contributed by atoms with Crippen LogP contribution < -0.4 is 10.1 Å². The van der Waals surface area contributed by atoms with Gasteiger partial charge in [0.15, 0.2) is 5.11 Å². The first kappa shape index (κ1) is 17.1. The van der Waals surface area contributed by atoms with Gasteiger partial charge in [-0.15, -0.1) is 0 Å². The lowest BCUT2D eigenvalue weighted by molar-refractivity contribution is -0.128. The predicted octanol–water partition coefficient (Wildman–Crippen LogP) is 2.89. The van der Waals surface area contributed by atoms with E-state index in [9.17, 15) is 9.59 Å². The molecule has 0 aliphatic carbocycles. The van der Waals surface area contributed by atoms with E-state index < -0.39 is 5.91 Å². The summed E-state index contributed by atoms with van der Waals surface area (Å²) in [6, 6.07) is 11.4. The van der Waals surface area contributed by atoms with Gasteiger partial charge >= 0.3 is 0 Å². The fraction of sp³-hybridized carbons (Fsp3) is 0.211. The number of nitrogens with one attached hydrogen (secondary N) is 1. The molecule has 5 nitrogen and oxygen atoms in total. The van der Waals surface area contributed by atoms with E-state index in [1.54, 1.807) is 6.08 Å². The van der Waals surface area contributed by atoms with Crippen LogP contribution in [-0.2, 0) is 9.59 Å². The summed E-state index contributed by atoms with van der Waals surface area (Å²) in [7, 11) is 0. The summed E-state index contributed by atoms with van der Waals surface area (Å²) in [4.78, 5) is 26.2. The first-order valence-electron chi connectivity index (χ1n) is 8.10. The summed E-state index contributed by atoms with van der Waals surface area (Å²) in [6.45, 7) is 4.71. The zero-order chi connectivity index (χ0) is 18.0. The number of rotatable bonds is 4. The number of amides is 2. The van der Waals surface area contributed by atoms with E-state index in [0.717, 1.165) is 22.1 Å². The van der Waals surface area contributed by atoms with Crippen molar-refractivity contribution < 1.29 is 14.3 Å². The molecule has 2 amide bonds. The minimum Gasteiger partial charge on any atom is -0.493 e. The number of benzene rings is 2. The molecule has 0 radical (unpaired) electrons. The van der Waals surface area contributed by atoms with Gasteiger partial charge in [-0.1, -0.05) is 30.3 Å². The van der Waals surface area contributed by atoms with Crippen molar-refractivity contribution >= 4 is 46.0 Å². The zero-order valence-corrected chi connectivity index (χ0v) is 14.9. The van der Waals surface area contributed by atoms with Gasteiger partial charge in [0.25, 0.3) is 11.8 Å². The molecule has 6 heteroatoms. The molecule has 128 valence electrons. The molecule has 1 aliphatic rings. The number of carbonyl (C=O) groups is 2. The van der Waals surface area contributed by atoms with Gasteiger partial charge in [-0.3, -0.25) is 19.8 Å². The number of likely N-dealkylation sites (N-methyl/N-ethyl adjacent to an activating group) is 1. The van der Waals surface area contributed by atoms with E-state index in [-0.39, 0.29) is 16.6 Å². The minimum atomic E-state index is -0.474. The summed E-state index contributed by atoms with van der Waals surface area (Å²) < 4.78 is 5.66. The summed E-state index contributed by atoms with van der Waals surface area (Å²) >= 11 is 5.05. The van der Waals surface area contributed by atoms with Crippen LogP contribution in [0.15, 0.2) is 42.0 Å². The summed E-state index contributed by atoms with van der Waals surface area (Å²) in [5, 5.41) is 4.56. The minimum absolute atomic E-state index is 0.0739. The second-order valence-corrected chi connectivity index (χ2v) is 5.88. The second-order valence-electron chi connectivity index (χ2n) is 5.50. The van der Waals surface area contributed by atoms with Crippen molar-refractivity contribution in [2.24, 2.45) is 0 Å². The fourth-order valence-electron chi connectivity index (χ4n) is 2.84. The van der Waals surface area contributed by atoms with E-state index in [1.807, 2.05) is 50.2 Å². The lowest BCUT2D eigenvalue weighted by Crippen LogP contribution is -2.53. The van der Waals surface area contributed by atoms with Crippen molar-refractivity contribution in [3.8, 4) is 5.75 Å². The Hall–Kier alpha value is -2.73. The zero-order valence-electron chi connectivity index (χ0n) is 14.0. The van der Waals surface area contributed by atoms with Crippen LogP contribution in [-0.4, -0.2) is 35.0 Å². The molecule has 0 unspecified atom stereocenters. The fourth-order valence-corrected chi connectivity index (χ4v) is 3.14. The van der Waals surface area contributed by atoms with Crippen molar-refractivity contribution in [3.63, 3.8) is 0 Å². The van der Waals surface area contributed by atoms with Crippen LogP contribution in [0.1, 0.15) is 19.4 Å². The van der Waals surface area contributed by atoms with Crippen LogP contribution in [0.2, 0.25) is 0 Å². The summed E-state index contributed by atoms with van der Waals surface area (Å²) in [6.07, 6.45) is 1.61. The Morgan fingerprint density at radius 3 is 2.52 bits per heavy atom. The first-order chi connectivity index (χ1) is 12.1. The SMILES string of the molecule is CCOc1ccc(/C=C2/C(=O)NC(=S)N(CC)C2=O)c2ccccc12. The molecule has 0 saturated carbocycles. The first-order valence-corrected chi connectivity index (χ1v) is 8.51. The van der Waals surface area contributed by atoms with Crippen LogP contribution in [0.25, 0.3) is 16.8 Å². The molecular formula is C19H18N2O3S. The molecule has 1 fully saturated rings. The third-order valence-electron chi connectivity index (χ3n) is 4.02. The summed E-state index contributed by atoms with van der Waals surface area (Å²) in [5.41, 5.74) is 0.853. The summed E-state index contributed by atoms with van der Waals surface area (Å²) in [5.74, 6) is -0.0806. The highest BCUT2D eigenvalue weighted by atomic mass is 32.1. The number of thiocarbonyl (C=S) groups is 1. The maximum Gasteiger partial charge on any atom is 0.265 e. The number of carbonyl (C=O) groups excluding carboxylic acids is 2. The van der Waals surface area contributed by atoms with E-state index in [4.69, 9.17) is 17.0 Å². The Balaban J connectivity index is 2.12. The van der Waals surface area contributed by atoms with E-state index in [2.05, 4.69) is 5.32 Å². The van der Waals surface area contributed by atoms with Gasteiger partial charge in [-0.05, 0) is 49.2 Å². The Morgan fingerprint density at radius 1 is 1.12 bits per heavy atom. The number of ether oxygens (including phenoxy) is 1. The van der Waals surface area contributed by atoms with Gasteiger partial charge in [0.05, 0.1) is 6.61 Å². The van der Waals surface area contributed by atoms with Crippen LogP contribution >= 0.6 is 12.2 Å². The molecular weight excluding hydrogens is 336 g/mol. The van der Waals surface area contributed by atoms with Crippen molar-refractivity contribution in [1.82, 2.24) is 10.2 Å². The van der Waals surface area contributed by atoms with Crippen molar-refractivity contribution in [3.05, 3.63) is 47.5 Å². The molecule has 1 heterocycles. The maximum absolute atomic E-state index is 12.6. The monoisotopic (exact) mass is 354 g/mol. The highest BCUT2D eigenvalue weighted by Crippen LogP contribution is 2.30. The average molecular weight is 354 g/mol. The average Bonchev–Trinajstić information content (AvgIpc) is 2.60. The lowest BCUT2D eigenvalue weighted by atomic mass is 10.0. The number of fused-ring (bicyclic) bond motifs is 1. The quantitative estimate of drug-likeness (QED) is 0.521. The molecule has 0 bridgehead atoms. The molecule has 3 rings (SSSR count). The third-order valence-corrected chi connectivity index (χ3v) is 4.34. The Kier molecular flexibility index (Phi) is 4.81. The molecule has 0 atom stereocenters. The molecule has 1 aliphatic heterocycles. The predicted molar refractivity (Wildman–Crippen MR) is 101 cm³/mol. The topological polar surface area (TPSA) is 58.6 Å². The molecule has 0 aromatic heterocycles. The molecule has 1 saturated heterocycles. The van der Waals surface area contributed by atoms with Crippen LogP contribution in [0.3, 0.4) is 0 Å². The third kappa shape index (κ3) is 3.13. The van der Waals surface area contributed by atoms with Gasteiger partial charge in [-0.2, -0.15) is 0 Å². The Morgan fingerprint density at radius 2 is 1.84 bits per heavy atom. The Labute approximate surface area is 151 Å². The van der Waals surface area contributed by atoms with Gasteiger partial charge in [0.1, 0.15) is 11.3 Å². The van der Waals surface area contributed by atoms with Gasteiger partial charge < -0.3 is 4.74 Å². The molecule has 2 aromatic carbocycles. The lowest BCUT2D eigenvalue weighted by Gasteiger charge is -2.27. The van der Waals surface area contributed by atoms with Crippen molar-refractivity contribution in [2.75, 3.05) is 13.2 Å². The van der Waals surface area contributed by atoms with Crippen molar-refractivity contribution in [1.29, 1.82) is 0 Å². The van der Waals surface area contributed by atoms with Gasteiger partial charge in [-0.25, -0.2) is 0 Å². The molecule has 1 N–H and O–H groups in total. The van der Waals surface area contributed by atoms with Crippen LogP contribution in [0.4, 0.5) is 0 Å². The number of hydrogen-bond donors (Lipinski definition) is 1. The smallest absolute Gasteiger partial charge is 0.265 e. The number of hydrogen-bond acceptors (Lipinski definition) is 4. The van der Waals surface area contributed by atoms with E-state index in [0.29, 0.717) is 13.2 Å². The Bertz CT molecular complexity index is 905. The van der Waals surface area contributed by atoms with Gasteiger partial charge in [0, 0.05) is 11.9 Å².